The highest BCUT2D eigenvalue weighted by Crippen LogP contribution is 2.27. The Balaban J connectivity index is 1.36. The van der Waals surface area contributed by atoms with Crippen LogP contribution in [0, 0.1) is 36.9 Å². The lowest BCUT2D eigenvalue weighted by Crippen LogP contribution is -2.38. The molecule has 3 heterocycles. The molecule has 4 rings (SSSR count). The summed E-state index contributed by atoms with van der Waals surface area (Å²) >= 11 is 0. The first kappa shape index (κ1) is 24.9. The Labute approximate surface area is 208 Å². The predicted octanol–water partition coefficient (Wildman–Crippen LogP) is 3.35. The molecule has 3 aromatic rings. The molecule has 1 saturated heterocycles. The third kappa shape index (κ3) is 5.51. The van der Waals surface area contributed by atoms with Crippen molar-refractivity contribution in [3.63, 3.8) is 0 Å². The summed E-state index contributed by atoms with van der Waals surface area (Å²) in [5.41, 5.74) is 2.69. The number of nitrogens with zero attached hydrogens (tertiary/aromatic N) is 5. The van der Waals surface area contributed by atoms with Crippen molar-refractivity contribution in [2.45, 2.75) is 33.2 Å². The van der Waals surface area contributed by atoms with Crippen LogP contribution in [-0.4, -0.2) is 46.1 Å². The molecule has 1 aliphatic rings. The van der Waals surface area contributed by atoms with E-state index in [2.05, 4.69) is 21.4 Å². The molecule has 0 bridgehead atoms. The molecular formula is C26H27FN6O3. The molecule has 0 atom stereocenters. The molecule has 1 fully saturated rings. The maximum absolute atomic E-state index is 13.3. The Hall–Kier alpha value is -4.26. The highest BCUT2D eigenvalue weighted by Gasteiger charge is 2.28. The van der Waals surface area contributed by atoms with Gasteiger partial charge in [0.25, 0.3) is 5.91 Å². The van der Waals surface area contributed by atoms with Gasteiger partial charge in [-0.2, -0.15) is 5.26 Å². The number of halogens is 1. The van der Waals surface area contributed by atoms with Crippen molar-refractivity contribution in [2.75, 3.05) is 29.9 Å². The van der Waals surface area contributed by atoms with Crippen LogP contribution in [0.3, 0.4) is 0 Å². The van der Waals surface area contributed by atoms with E-state index in [1.165, 1.54) is 12.1 Å². The molecule has 36 heavy (non-hydrogen) atoms. The number of anilines is 2. The van der Waals surface area contributed by atoms with Crippen LogP contribution in [0.1, 0.15) is 35.2 Å². The van der Waals surface area contributed by atoms with Gasteiger partial charge in [-0.1, -0.05) is 12.1 Å². The standard InChI is InChI=1S/C26H27FN6O3/c1-17-18(2)33(15-19-4-6-21(27)7-5-19)24(22(17)14-28)31-23(34)16-36-25(35)20-8-12-32(13-9-20)26-29-10-3-11-30-26/h3-7,10-11,20H,8-9,12-13,15-16H2,1-2H3,(H,31,34). The quantitative estimate of drug-likeness (QED) is 0.505. The Morgan fingerprint density at radius 3 is 2.47 bits per heavy atom. The molecule has 186 valence electrons. The average Bonchev–Trinajstić information content (AvgIpc) is 3.12. The molecule has 1 N–H and O–H groups in total. The Bertz CT molecular complexity index is 1280. The van der Waals surface area contributed by atoms with E-state index in [1.807, 2.05) is 11.8 Å². The second-order valence-electron chi connectivity index (χ2n) is 8.72. The number of amides is 1. The van der Waals surface area contributed by atoms with Gasteiger partial charge in [0.2, 0.25) is 5.95 Å². The number of esters is 1. The van der Waals surface area contributed by atoms with Gasteiger partial charge in [-0.15, -0.1) is 0 Å². The van der Waals surface area contributed by atoms with Gasteiger partial charge in [-0.3, -0.25) is 9.59 Å². The van der Waals surface area contributed by atoms with Gasteiger partial charge in [0, 0.05) is 37.7 Å². The molecule has 1 aromatic carbocycles. The van der Waals surface area contributed by atoms with E-state index in [-0.39, 0.29) is 11.7 Å². The molecule has 0 spiro atoms. The van der Waals surface area contributed by atoms with Crippen LogP contribution in [-0.2, 0) is 20.9 Å². The predicted molar refractivity (Wildman–Crippen MR) is 131 cm³/mol. The number of ether oxygens (including phenoxy) is 1. The van der Waals surface area contributed by atoms with Gasteiger partial charge < -0.3 is 19.5 Å². The van der Waals surface area contributed by atoms with Crippen LogP contribution in [0.4, 0.5) is 16.2 Å². The zero-order valence-electron chi connectivity index (χ0n) is 20.2. The SMILES string of the molecule is Cc1c(C#N)c(NC(=O)COC(=O)C2CCN(c3ncccn3)CC2)n(Cc2ccc(F)cc2)c1C. The number of aromatic nitrogens is 3. The van der Waals surface area contributed by atoms with Crippen molar-refractivity contribution in [1.29, 1.82) is 5.26 Å². The third-order valence-electron chi connectivity index (χ3n) is 6.46. The Kier molecular flexibility index (Phi) is 7.59. The first-order valence-electron chi connectivity index (χ1n) is 11.7. The number of benzene rings is 1. The summed E-state index contributed by atoms with van der Waals surface area (Å²) in [6.45, 7) is 4.78. The monoisotopic (exact) mass is 490 g/mol. The lowest BCUT2D eigenvalue weighted by Gasteiger charge is -2.30. The number of piperidine rings is 1. The fraction of sp³-hybridized carbons (Fsp3) is 0.346. The molecule has 10 heteroatoms. The minimum Gasteiger partial charge on any atom is -0.455 e. The smallest absolute Gasteiger partial charge is 0.309 e. The Morgan fingerprint density at radius 1 is 1.17 bits per heavy atom. The number of hydrogen-bond donors (Lipinski definition) is 1. The van der Waals surface area contributed by atoms with Gasteiger partial charge in [0.05, 0.1) is 11.5 Å². The maximum Gasteiger partial charge on any atom is 0.309 e. The second kappa shape index (κ2) is 11.0. The van der Waals surface area contributed by atoms with Crippen molar-refractivity contribution in [3.05, 3.63) is 70.9 Å². The number of rotatable bonds is 7. The summed E-state index contributed by atoms with van der Waals surface area (Å²) in [6, 6.07) is 9.92. The van der Waals surface area contributed by atoms with E-state index >= 15 is 0 Å². The zero-order chi connectivity index (χ0) is 25.7. The first-order chi connectivity index (χ1) is 17.4. The minimum absolute atomic E-state index is 0.306. The van der Waals surface area contributed by atoms with Crippen molar-refractivity contribution in [3.8, 4) is 6.07 Å². The van der Waals surface area contributed by atoms with Gasteiger partial charge in [0.1, 0.15) is 17.7 Å². The molecule has 1 amide bonds. The minimum atomic E-state index is -0.534. The van der Waals surface area contributed by atoms with Crippen LogP contribution in [0.2, 0.25) is 0 Å². The van der Waals surface area contributed by atoms with Crippen molar-refractivity contribution < 1.29 is 18.7 Å². The fourth-order valence-electron chi connectivity index (χ4n) is 4.29. The fourth-order valence-corrected chi connectivity index (χ4v) is 4.29. The molecule has 9 nitrogen and oxygen atoms in total. The van der Waals surface area contributed by atoms with E-state index in [0.29, 0.717) is 49.8 Å². The lowest BCUT2D eigenvalue weighted by atomic mass is 9.97. The summed E-state index contributed by atoms with van der Waals surface area (Å²) in [5, 5.41) is 12.4. The molecule has 0 unspecified atom stereocenters. The molecule has 0 aliphatic carbocycles. The van der Waals surface area contributed by atoms with E-state index in [9.17, 15) is 19.2 Å². The van der Waals surface area contributed by atoms with E-state index in [1.54, 1.807) is 42.1 Å². The van der Waals surface area contributed by atoms with Crippen LogP contribution in [0.25, 0.3) is 0 Å². The van der Waals surface area contributed by atoms with E-state index in [0.717, 1.165) is 16.8 Å². The van der Waals surface area contributed by atoms with Gasteiger partial charge in [-0.05, 0) is 56.0 Å². The van der Waals surface area contributed by atoms with E-state index in [4.69, 9.17) is 4.74 Å². The highest BCUT2D eigenvalue weighted by molar-refractivity contribution is 5.94. The Morgan fingerprint density at radius 2 is 1.83 bits per heavy atom. The summed E-state index contributed by atoms with van der Waals surface area (Å²) in [6.07, 6.45) is 4.52. The molecule has 1 aliphatic heterocycles. The molecule has 0 radical (unpaired) electrons. The van der Waals surface area contributed by atoms with Crippen molar-refractivity contribution in [2.24, 2.45) is 5.92 Å². The topological polar surface area (TPSA) is 113 Å². The van der Waals surface area contributed by atoms with Crippen molar-refractivity contribution >= 4 is 23.6 Å². The van der Waals surface area contributed by atoms with Gasteiger partial charge >= 0.3 is 5.97 Å². The maximum atomic E-state index is 13.3. The van der Waals surface area contributed by atoms with Gasteiger partial charge in [-0.25, -0.2) is 14.4 Å². The normalized spacial score (nSPS) is 13.8. The largest absolute Gasteiger partial charge is 0.455 e. The number of nitriles is 1. The highest BCUT2D eigenvalue weighted by atomic mass is 19.1. The summed E-state index contributed by atoms with van der Waals surface area (Å²) in [7, 11) is 0. The summed E-state index contributed by atoms with van der Waals surface area (Å²) in [5.74, 6) is -0.646. The zero-order valence-corrected chi connectivity index (χ0v) is 20.2. The van der Waals surface area contributed by atoms with Crippen molar-refractivity contribution in [1.82, 2.24) is 14.5 Å². The van der Waals surface area contributed by atoms with Gasteiger partial charge in [0.15, 0.2) is 6.61 Å². The molecule has 2 aromatic heterocycles. The number of carbonyl (C=O) groups excluding carboxylic acids is 2. The molecule has 0 saturated carbocycles. The van der Waals surface area contributed by atoms with Crippen LogP contribution in [0.15, 0.2) is 42.7 Å². The van der Waals surface area contributed by atoms with Crippen LogP contribution < -0.4 is 10.2 Å². The summed E-state index contributed by atoms with van der Waals surface area (Å²) < 4.78 is 20.4. The molecular weight excluding hydrogens is 463 g/mol. The average molecular weight is 491 g/mol. The first-order valence-corrected chi connectivity index (χ1v) is 11.7. The second-order valence-corrected chi connectivity index (χ2v) is 8.72. The number of hydrogen-bond acceptors (Lipinski definition) is 7. The number of carbonyl (C=O) groups is 2. The van der Waals surface area contributed by atoms with E-state index < -0.39 is 18.5 Å². The summed E-state index contributed by atoms with van der Waals surface area (Å²) in [4.78, 5) is 35.7. The lowest BCUT2D eigenvalue weighted by molar-refractivity contribution is -0.152. The third-order valence-corrected chi connectivity index (χ3v) is 6.46. The van der Waals surface area contributed by atoms with Crippen LogP contribution >= 0.6 is 0 Å². The van der Waals surface area contributed by atoms with Crippen LogP contribution in [0.5, 0.6) is 0 Å². The number of nitrogens with one attached hydrogen (secondary N) is 1.